The lowest BCUT2D eigenvalue weighted by molar-refractivity contribution is -0.128. The van der Waals surface area contributed by atoms with Gasteiger partial charge in [-0.15, -0.1) is 11.3 Å². The van der Waals surface area contributed by atoms with Crippen molar-refractivity contribution >= 4 is 40.5 Å². The Bertz CT molecular complexity index is 1210. The molecule has 10 heteroatoms. The summed E-state index contributed by atoms with van der Waals surface area (Å²) in [4.78, 5) is 43.5. The van der Waals surface area contributed by atoms with Gasteiger partial charge in [0.05, 0.1) is 17.1 Å². The van der Waals surface area contributed by atoms with Crippen molar-refractivity contribution in [1.82, 2.24) is 4.98 Å². The quantitative estimate of drug-likeness (QED) is 0.553. The molecule has 0 bridgehead atoms. The Morgan fingerprint density at radius 3 is 2.70 bits per heavy atom. The van der Waals surface area contributed by atoms with E-state index in [9.17, 15) is 18.8 Å². The number of anilines is 2. The zero-order valence-electron chi connectivity index (χ0n) is 17.8. The van der Waals surface area contributed by atoms with Gasteiger partial charge in [-0.05, 0) is 50.2 Å². The summed E-state index contributed by atoms with van der Waals surface area (Å²) in [5.41, 5.74) is 1.51. The lowest BCUT2D eigenvalue weighted by atomic mass is 10.1. The van der Waals surface area contributed by atoms with Crippen molar-refractivity contribution in [1.29, 1.82) is 0 Å². The van der Waals surface area contributed by atoms with E-state index in [1.807, 2.05) is 0 Å². The molecule has 0 aliphatic carbocycles. The minimum atomic E-state index is -1.11. The molecule has 1 aliphatic rings. The maximum absolute atomic E-state index is 13.0. The Balaban J connectivity index is 1.41. The van der Waals surface area contributed by atoms with E-state index in [2.05, 4.69) is 10.3 Å². The number of hydrogen-bond acceptors (Lipinski definition) is 7. The van der Waals surface area contributed by atoms with Crippen molar-refractivity contribution in [3.8, 4) is 5.75 Å². The molecular formula is C23H20FN3O5S. The summed E-state index contributed by atoms with van der Waals surface area (Å²) in [5, 5.41) is 3.24. The molecule has 2 amide bonds. The molecular weight excluding hydrogens is 449 g/mol. The van der Waals surface area contributed by atoms with Gasteiger partial charge in [-0.25, -0.2) is 14.2 Å². The van der Waals surface area contributed by atoms with Crippen molar-refractivity contribution in [3.63, 3.8) is 0 Å². The topological polar surface area (TPSA) is 97.8 Å². The van der Waals surface area contributed by atoms with Crippen molar-refractivity contribution < 1.29 is 28.2 Å². The van der Waals surface area contributed by atoms with Crippen LogP contribution in [0.5, 0.6) is 5.75 Å². The highest BCUT2D eigenvalue weighted by Crippen LogP contribution is 2.30. The number of nitrogens with zero attached hydrogens (tertiary/aromatic N) is 2. The zero-order chi connectivity index (χ0) is 23.5. The van der Waals surface area contributed by atoms with E-state index < -0.39 is 18.0 Å². The number of esters is 1. The van der Waals surface area contributed by atoms with Gasteiger partial charge in [0.2, 0.25) is 5.91 Å². The number of benzene rings is 2. The van der Waals surface area contributed by atoms with Crippen LogP contribution in [0.25, 0.3) is 0 Å². The Morgan fingerprint density at radius 2 is 1.94 bits per heavy atom. The number of hydrogen-bond donors (Lipinski definition) is 1. The summed E-state index contributed by atoms with van der Waals surface area (Å²) in [7, 11) is 0. The summed E-state index contributed by atoms with van der Waals surface area (Å²) in [5.74, 6) is -1.42. The predicted octanol–water partition coefficient (Wildman–Crippen LogP) is 3.70. The fraction of sp³-hybridized carbons (Fsp3) is 0.217. The molecule has 170 valence electrons. The second kappa shape index (κ2) is 9.37. The van der Waals surface area contributed by atoms with Gasteiger partial charge in [-0.2, -0.15) is 0 Å². The molecule has 0 saturated heterocycles. The van der Waals surface area contributed by atoms with Gasteiger partial charge in [-0.3, -0.25) is 14.5 Å². The van der Waals surface area contributed by atoms with E-state index in [4.69, 9.17) is 9.47 Å². The smallest absolute Gasteiger partial charge is 0.351 e. The second-order valence-corrected chi connectivity index (χ2v) is 8.39. The molecule has 1 atom stereocenters. The highest BCUT2D eigenvalue weighted by molar-refractivity contribution is 7.13. The monoisotopic (exact) mass is 469 g/mol. The Labute approximate surface area is 193 Å². The van der Waals surface area contributed by atoms with Gasteiger partial charge in [0, 0.05) is 0 Å². The number of carbonyl (C=O) groups is 3. The van der Waals surface area contributed by atoms with Crippen LogP contribution < -0.4 is 15.0 Å². The molecule has 0 saturated carbocycles. The van der Waals surface area contributed by atoms with E-state index in [1.165, 1.54) is 36.1 Å². The average molecular weight is 469 g/mol. The molecule has 1 aliphatic heterocycles. The molecule has 2 heterocycles. The van der Waals surface area contributed by atoms with Gasteiger partial charge in [0.15, 0.2) is 6.10 Å². The minimum Gasteiger partial charge on any atom is -0.486 e. The molecule has 1 aromatic heterocycles. The average Bonchev–Trinajstić information content (AvgIpc) is 3.18. The summed E-state index contributed by atoms with van der Waals surface area (Å²) in [6, 6.07) is 12.5. The standard InChI is InChI=1S/C23H20FN3O5S/c1-13-21(33-20(25-13)12-31-16-9-7-15(24)8-10-16)23(30)32-14(2)22(29)27-11-19(28)26-17-5-3-4-6-18(17)27/h3-10,14H,11-12H2,1-2H3,(H,26,28)/t14-/m0/s1. The predicted molar refractivity (Wildman–Crippen MR) is 120 cm³/mol. The summed E-state index contributed by atoms with van der Waals surface area (Å²) in [6.07, 6.45) is -1.11. The van der Waals surface area contributed by atoms with Gasteiger partial charge in [-0.1, -0.05) is 12.1 Å². The molecule has 3 aromatic rings. The molecule has 2 aromatic carbocycles. The molecule has 4 rings (SSSR count). The number of nitrogens with one attached hydrogen (secondary N) is 1. The van der Waals surface area contributed by atoms with Crippen LogP contribution in [0.3, 0.4) is 0 Å². The number of aryl methyl sites for hydroxylation is 1. The maximum atomic E-state index is 13.0. The fourth-order valence-corrected chi connectivity index (χ4v) is 4.15. The van der Waals surface area contributed by atoms with Gasteiger partial charge < -0.3 is 14.8 Å². The Hall–Kier alpha value is -3.79. The van der Waals surface area contributed by atoms with Crippen LogP contribution in [-0.2, 0) is 20.9 Å². The number of rotatable bonds is 6. The van der Waals surface area contributed by atoms with Crippen molar-refractivity contribution in [2.75, 3.05) is 16.8 Å². The lowest BCUT2D eigenvalue weighted by Crippen LogP contribution is -2.47. The first-order chi connectivity index (χ1) is 15.8. The molecule has 0 fully saturated rings. The largest absolute Gasteiger partial charge is 0.486 e. The van der Waals surface area contributed by atoms with Crippen LogP contribution in [0.15, 0.2) is 48.5 Å². The van der Waals surface area contributed by atoms with E-state index in [1.54, 1.807) is 31.2 Å². The Morgan fingerprint density at radius 1 is 1.21 bits per heavy atom. The molecule has 1 N–H and O–H groups in total. The fourth-order valence-electron chi connectivity index (χ4n) is 3.29. The summed E-state index contributed by atoms with van der Waals surface area (Å²) < 4.78 is 24.0. The SMILES string of the molecule is Cc1nc(COc2ccc(F)cc2)sc1C(=O)O[C@@H](C)C(=O)N1CC(=O)Nc2ccccc21. The van der Waals surface area contributed by atoms with Crippen molar-refractivity contribution in [2.45, 2.75) is 26.6 Å². The Kier molecular flexibility index (Phi) is 6.36. The molecule has 0 radical (unpaired) electrons. The van der Waals surface area contributed by atoms with Crippen LogP contribution in [0.2, 0.25) is 0 Å². The zero-order valence-corrected chi connectivity index (χ0v) is 18.6. The van der Waals surface area contributed by atoms with Crippen LogP contribution >= 0.6 is 11.3 Å². The third-order valence-electron chi connectivity index (χ3n) is 4.87. The molecule has 8 nitrogen and oxygen atoms in total. The summed E-state index contributed by atoms with van der Waals surface area (Å²) in [6.45, 7) is 3.05. The van der Waals surface area contributed by atoms with Crippen LogP contribution in [0.4, 0.5) is 15.8 Å². The summed E-state index contributed by atoms with van der Waals surface area (Å²) >= 11 is 1.09. The lowest BCUT2D eigenvalue weighted by Gasteiger charge is -2.30. The number of ether oxygens (including phenoxy) is 2. The molecule has 0 spiro atoms. The van der Waals surface area contributed by atoms with Crippen molar-refractivity contribution in [3.05, 3.63) is 69.9 Å². The number of halogens is 1. The maximum Gasteiger partial charge on any atom is 0.351 e. The number of amides is 2. The van der Waals surface area contributed by atoms with Crippen LogP contribution in [0.1, 0.15) is 27.3 Å². The second-order valence-electron chi connectivity index (χ2n) is 7.30. The van der Waals surface area contributed by atoms with Crippen LogP contribution in [-0.4, -0.2) is 35.4 Å². The van der Waals surface area contributed by atoms with E-state index in [0.29, 0.717) is 27.8 Å². The first-order valence-corrected chi connectivity index (χ1v) is 10.9. The number of thiazole rings is 1. The van der Waals surface area contributed by atoms with Crippen molar-refractivity contribution in [2.24, 2.45) is 0 Å². The minimum absolute atomic E-state index is 0.0958. The number of fused-ring (bicyclic) bond motifs is 1. The van der Waals surface area contributed by atoms with E-state index in [0.717, 1.165) is 11.3 Å². The first-order valence-electron chi connectivity index (χ1n) is 10.1. The third kappa shape index (κ3) is 5.01. The first kappa shape index (κ1) is 22.4. The number of para-hydroxylation sites is 2. The molecule has 33 heavy (non-hydrogen) atoms. The normalized spacial score (nSPS) is 13.7. The molecule has 0 unspecified atom stereocenters. The highest BCUT2D eigenvalue weighted by atomic mass is 32.1. The van der Waals surface area contributed by atoms with Gasteiger partial charge >= 0.3 is 5.97 Å². The highest BCUT2D eigenvalue weighted by Gasteiger charge is 2.32. The van der Waals surface area contributed by atoms with E-state index in [-0.39, 0.29) is 29.8 Å². The third-order valence-corrected chi connectivity index (χ3v) is 5.98. The van der Waals surface area contributed by atoms with E-state index >= 15 is 0 Å². The number of aromatic nitrogens is 1. The number of carbonyl (C=O) groups excluding carboxylic acids is 3. The van der Waals surface area contributed by atoms with Crippen LogP contribution in [0, 0.1) is 12.7 Å². The van der Waals surface area contributed by atoms with Gasteiger partial charge in [0.25, 0.3) is 5.91 Å². The van der Waals surface area contributed by atoms with Gasteiger partial charge in [0.1, 0.15) is 34.6 Å².